The van der Waals surface area contributed by atoms with Crippen LogP contribution in [0.25, 0.3) is 10.9 Å². The van der Waals surface area contributed by atoms with Crippen molar-refractivity contribution < 1.29 is 0 Å². The molecule has 0 spiro atoms. The Kier molecular flexibility index (Phi) is 3.44. The first-order chi connectivity index (χ1) is 9.34. The van der Waals surface area contributed by atoms with Gasteiger partial charge in [-0.25, -0.2) is 0 Å². The third kappa shape index (κ3) is 2.59. The number of H-pyrrole nitrogens is 1. The van der Waals surface area contributed by atoms with Gasteiger partial charge in [-0.2, -0.15) is 10.2 Å². The van der Waals surface area contributed by atoms with Gasteiger partial charge in [0.05, 0.1) is 10.7 Å². The Balaban J connectivity index is 1.70. The van der Waals surface area contributed by atoms with Gasteiger partial charge in [-0.1, -0.05) is 29.8 Å². The summed E-state index contributed by atoms with van der Waals surface area (Å²) in [5, 5.41) is 13.0. The van der Waals surface area contributed by atoms with E-state index in [4.69, 9.17) is 11.6 Å². The Morgan fingerprint density at radius 3 is 2.79 bits per heavy atom. The van der Waals surface area contributed by atoms with Crippen molar-refractivity contribution in [1.82, 2.24) is 20.5 Å². The van der Waals surface area contributed by atoms with Gasteiger partial charge >= 0.3 is 0 Å². The van der Waals surface area contributed by atoms with Gasteiger partial charge in [0.15, 0.2) is 0 Å². The zero-order chi connectivity index (χ0) is 13.1. The van der Waals surface area contributed by atoms with Crippen molar-refractivity contribution >= 4 is 22.5 Å². The summed E-state index contributed by atoms with van der Waals surface area (Å²) in [4.78, 5) is 3.32. The molecule has 0 atom stereocenters. The van der Waals surface area contributed by atoms with Crippen LogP contribution < -0.4 is 5.32 Å². The number of para-hydroxylation sites is 1. The van der Waals surface area contributed by atoms with Crippen molar-refractivity contribution in [3.05, 3.63) is 59.0 Å². The van der Waals surface area contributed by atoms with E-state index in [-0.39, 0.29) is 0 Å². The van der Waals surface area contributed by atoms with Crippen LogP contribution in [0.15, 0.2) is 42.6 Å². The first kappa shape index (κ1) is 12.1. The predicted octanol–water partition coefficient (Wildman–Crippen LogP) is 2.90. The standard InChI is InChI=1S/C14H13ClN4/c15-14-11-5-1-2-6-12(11)18-13(14)9-16-8-10-4-3-7-17-19-10/h1-7,16,18H,8-9H2. The minimum absolute atomic E-state index is 0.666. The van der Waals surface area contributed by atoms with Crippen molar-refractivity contribution in [3.8, 4) is 0 Å². The van der Waals surface area contributed by atoms with E-state index >= 15 is 0 Å². The fraction of sp³-hybridized carbons (Fsp3) is 0.143. The van der Waals surface area contributed by atoms with Crippen LogP contribution in [-0.2, 0) is 13.1 Å². The molecule has 2 aromatic heterocycles. The van der Waals surface area contributed by atoms with E-state index in [2.05, 4.69) is 20.5 Å². The largest absolute Gasteiger partial charge is 0.356 e. The molecule has 0 unspecified atom stereocenters. The van der Waals surface area contributed by atoms with Crippen LogP contribution in [0, 0.1) is 0 Å². The van der Waals surface area contributed by atoms with E-state index in [1.54, 1.807) is 6.20 Å². The molecule has 0 amide bonds. The highest BCUT2D eigenvalue weighted by atomic mass is 35.5. The lowest BCUT2D eigenvalue weighted by Gasteiger charge is -2.02. The summed E-state index contributed by atoms with van der Waals surface area (Å²) < 4.78 is 0. The molecule has 0 saturated heterocycles. The summed E-state index contributed by atoms with van der Waals surface area (Å²) >= 11 is 6.34. The average molecular weight is 273 g/mol. The molecule has 0 aliphatic rings. The molecule has 3 rings (SSSR count). The number of rotatable bonds is 4. The second-order valence-corrected chi connectivity index (χ2v) is 4.66. The number of hydrogen-bond donors (Lipinski definition) is 2. The first-order valence-electron chi connectivity index (χ1n) is 6.07. The van der Waals surface area contributed by atoms with Crippen LogP contribution in [0.4, 0.5) is 0 Å². The molecule has 5 heteroatoms. The van der Waals surface area contributed by atoms with Crippen molar-refractivity contribution in [1.29, 1.82) is 0 Å². The van der Waals surface area contributed by atoms with E-state index in [0.717, 1.165) is 27.3 Å². The lowest BCUT2D eigenvalue weighted by Crippen LogP contribution is -2.14. The normalized spacial score (nSPS) is 11.0. The monoisotopic (exact) mass is 272 g/mol. The van der Waals surface area contributed by atoms with Crippen LogP contribution in [0.1, 0.15) is 11.4 Å². The molecule has 3 aromatic rings. The van der Waals surface area contributed by atoms with Crippen molar-refractivity contribution in [2.75, 3.05) is 0 Å². The molecular formula is C14H13ClN4. The van der Waals surface area contributed by atoms with Crippen molar-refractivity contribution in [3.63, 3.8) is 0 Å². The summed E-state index contributed by atoms with van der Waals surface area (Å²) in [6.07, 6.45) is 1.66. The zero-order valence-corrected chi connectivity index (χ0v) is 11.0. The van der Waals surface area contributed by atoms with E-state index in [1.165, 1.54) is 0 Å². The molecular weight excluding hydrogens is 260 g/mol. The smallest absolute Gasteiger partial charge is 0.0769 e. The van der Waals surface area contributed by atoms with Crippen molar-refractivity contribution in [2.45, 2.75) is 13.1 Å². The Morgan fingerprint density at radius 2 is 2.00 bits per heavy atom. The highest BCUT2D eigenvalue weighted by molar-refractivity contribution is 6.36. The fourth-order valence-corrected chi connectivity index (χ4v) is 2.31. The summed E-state index contributed by atoms with van der Waals surface area (Å²) in [7, 11) is 0. The van der Waals surface area contributed by atoms with E-state index in [0.29, 0.717) is 13.1 Å². The third-order valence-electron chi connectivity index (χ3n) is 2.95. The van der Waals surface area contributed by atoms with Crippen LogP contribution in [0.3, 0.4) is 0 Å². The second-order valence-electron chi connectivity index (χ2n) is 4.28. The van der Waals surface area contributed by atoms with E-state index in [9.17, 15) is 0 Å². The second kappa shape index (κ2) is 5.38. The van der Waals surface area contributed by atoms with Crippen LogP contribution >= 0.6 is 11.6 Å². The summed E-state index contributed by atoms with van der Waals surface area (Å²) in [6.45, 7) is 1.34. The summed E-state index contributed by atoms with van der Waals surface area (Å²) in [5.74, 6) is 0. The number of aromatic amines is 1. The molecule has 96 valence electrons. The maximum Gasteiger partial charge on any atom is 0.0769 e. The molecule has 1 aromatic carbocycles. The average Bonchev–Trinajstić information content (AvgIpc) is 2.78. The molecule has 19 heavy (non-hydrogen) atoms. The molecule has 0 aliphatic heterocycles. The Labute approximate surface area is 115 Å². The number of benzene rings is 1. The Hall–Kier alpha value is -1.91. The summed E-state index contributed by atoms with van der Waals surface area (Å²) in [5.41, 5.74) is 2.96. The molecule has 0 aliphatic carbocycles. The van der Waals surface area contributed by atoms with Crippen molar-refractivity contribution in [2.24, 2.45) is 0 Å². The van der Waals surface area contributed by atoms with Gasteiger partial charge in [0.25, 0.3) is 0 Å². The molecule has 2 N–H and O–H groups in total. The molecule has 2 heterocycles. The number of fused-ring (bicyclic) bond motifs is 1. The molecule has 0 bridgehead atoms. The zero-order valence-electron chi connectivity index (χ0n) is 10.2. The molecule has 4 nitrogen and oxygen atoms in total. The topological polar surface area (TPSA) is 53.6 Å². The molecule has 0 radical (unpaired) electrons. The van der Waals surface area contributed by atoms with Gasteiger partial charge in [-0.05, 0) is 18.2 Å². The number of aromatic nitrogens is 3. The fourth-order valence-electron chi connectivity index (χ4n) is 2.03. The van der Waals surface area contributed by atoms with Gasteiger partial charge in [0.1, 0.15) is 0 Å². The summed E-state index contributed by atoms with van der Waals surface area (Å²) in [6, 6.07) is 11.8. The minimum Gasteiger partial charge on any atom is -0.356 e. The minimum atomic E-state index is 0.666. The highest BCUT2D eigenvalue weighted by Crippen LogP contribution is 2.26. The maximum absolute atomic E-state index is 6.34. The third-order valence-corrected chi connectivity index (χ3v) is 3.38. The number of nitrogens with zero attached hydrogens (tertiary/aromatic N) is 2. The van der Waals surface area contributed by atoms with Crippen LogP contribution in [-0.4, -0.2) is 15.2 Å². The Morgan fingerprint density at radius 1 is 1.11 bits per heavy atom. The lowest BCUT2D eigenvalue weighted by molar-refractivity contribution is 0.662. The number of halogens is 1. The molecule has 0 fully saturated rings. The van der Waals surface area contributed by atoms with Gasteiger partial charge in [0.2, 0.25) is 0 Å². The van der Waals surface area contributed by atoms with E-state index < -0.39 is 0 Å². The van der Waals surface area contributed by atoms with Crippen LogP contribution in [0.2, 0.25) is 5.02 Å². The van der Waals surface area contributed by atoms with E-state index in [1.807, 2.05) is 36.4 Å². The predicted molar refractivity (Wildman–Crippen MR) is 75.9 cm³/mol. The van der Waals surface area contributed by atoms with Gasteiger partial charge in [-0.3, -0.25) is 0 Å². The first-order valence-corrected chi connectivity index (χ1v) is 6.45. The quantitative estimate of drug-likeness (QED) is 0.768. The SMILES string of the molecule is Clc1c(CNCc2cccnn2)[nH]c2ccccc12. The highest BCUT2D eigenvalue weighted by Gasteiger charge is 2.08. The number of nitrogens with one attached hydrogen (secondary N) is 2. The number of hydrogen-bond acceptors (Lipinski definition) is 3. The van der Waals surface area contributed by atoms with Gasteiger partial charge < -0.3 is 10.3 Å². The molecule has 0 saturated carbocycles. The maximum atomic E-state index is 6.34. The van der Waals surface area contributed by atoms with Gasteiger partial charge in [0, 0.05) is 35.9 Å². The van der Waals surface area contributed by atoms with Gasteiger partial charge in [-0.15, -0.1) is 0 Å². The lowest BCUT2D eigenvalue weighted by atomic mass is 10.2. The Bertz CT molecular complexity index is 678. The van der Waals surface area contributed by atoms with Crippen LogP contribution in [0.5, 0.6) is 0 Å².